The number of benzene rings is 1. The summed E-state index contributed by atoms with van der Waals surface area (Å²) in [5, 5.41) is 0.848. The molecule has 2 unspecified atom stereocenters. The Kier molecular flexibility index (Phi) is 2.77. The number of alkyl halides is 1. The van der Waals surface area contributed by atoms with Gasteiger partial charge < -0.3 is 0 Å². The monoisotopic (exact) mass is 300 g/mol. The molecule has 1 aromatic carbocycles. The van der Waals surface area contributed by atoms with Gasteiger partial charge in [0.15, 0.2) is 0 Å². The first kappa shape index (κ1) is 11.6. The van der Waals surface area contributed by atoms with Gasteiger partial charge in [0, 0.05) is 10.9 Å². The van der Waals surface area contributed by atoms with Crippen molar-refractivity contribution >= 4 is 15.9 Å². The van der Waals surface area contributed by atoms with Crippen LogP contribution in [0.25, 0.3) is 0 Å². The Morgan fingerprint density at radius 1 is 1.18 bits per heavy atom. The first-order chi connectivity index (χ1) is 8.13. The zero-order valence-electron chi connectivity index (χ0n) is 9.56. The predicted molar refractivity (Wildman–Crippen MR) is 67.1 cm³/mol. The van der Waals surface area contributed by atoms with Crippen molar-refractivity contribution in [3.63, 3.8) is 0 Å². The van der Waals surface area contributed by atoms with Gasteiger partial charge in [0.05, 0.1) is 0 Å². The van der Waals surface area contributed by atoms with E-state index in [-0.39, 0.29) is 11.0 Å². The van der Waals surface area contributed by atoms with Crippen LogP contribution in [-0.4, -0.2) is 5.33 Å². The van der Waals surface area contributed by atoms with Gasteiger partial charge in [-0.2, -0.15) is 0 Å². The van der Waals surface area contributed by atoms with Crippen molar-refractivity contribution < 1.29 is 8.78 Å². The van der Waals surface area contributed by atoms with Gasteiger partial charge in [-0.3, -0.25) is 0 Å². The lowest BCUT2D eigenvalue weighted by molar-refractivity contribution is 0.299. The summed E-state index contributed by atoms with van der Waals surface area (Å²) in [7, 11) is 0. The highest BCUT2D eigenvalue weighted by Crippen LogP contribution is 2.61. The molecule has 2 fully saturated rings. The molecule has 0 aromatic heterocycles. The van der Waals surface area contributed by atoms with Crippen LogP contribution in [0.1, 0.15) is 24.8 Å². The Hall–Kier alpha value is -0.440. The van der Waals surface area contributed by atoms with E-state index in [9.17, 15) is 8.78 Å². The van der Waals surface area contributed by atoms with Gasteiger partial charge in [-0.25, -0.2) is 8.78 Å². The van der Waals surface area contributed by atoms with Crippen LogP contribution in [0.5, 0.6) is 0 Å². The molecule has 2 aliphatic rings. The van der Waals surface area contributed by atoms with Gasteiger partial charge >= 0.3 is 0 Å². The summed E-state index contributed by atoms with van der Waals surface area (Å²) >= 11 is 3.54. The second-order valence-corrected chi connectivity index (χ2v) is 6.24. The van der Waals surface area contributed by atoms with Crippen molar-refractivity contribution in [3.05, 3.63) is 35.4 Å². The molecule has 3 heteroatoms. The number of hydrogen-bond donors (Lipinski definition) is 0. The fourth-order valence-electron chi connectivity index (χ4n) is 3.38. The van der Waals surface area contributed by atoms with Crippen molar-refractivity contribution in [1.29, 1.82) is 0 Å². The van der Waals surface area contributed by atoms with Crippen LogP contribution in [0, 0.1) is 28.9 Å². The number of hydrogen-bond acceptors (Lipinski definition) is 0. The van der Waals surface area contributed by atoms with E-state index in [1.165, 1.54) is 24.6 Å². The average molecular weight is 301 g/mol. The highest BCUT2D eigenvalue weighted by atomic mass is 79.9. The van der Waals surface area contributed by atoms with Crippen molar-refractivity contribution in [3.8, 4) is 0 Å². The SMILES string of the molecule is Fc1cccc(F)c1CC1(CBr)CC2CC2C1. The third-order valence-corrected chi connectivity index (χ3v) is 5.55. The van der Waals surface area contributed by atoms with Crippen molar-refractivity contribution in [2.45, 2.75) is 25.7 Å². The summed E-state index contributed by atoms with van der Waals surface area (Å²) in [4.78, 5) is 0. The molecular weight excluding hydrogens is 286 g/mol. The highest BCUT2D eigenvalue weighted by molar-refractivity contribution is 9.09. The largest absolute Gasteiger partial charge is 0.207 e. The lowest BCUT2D eigenvalue weighted by Gasteiger charge is -2.29. The molecule has 0 radical (unpaired) electrons. The minimum absolute atomic E-state index is 0.0800. The first-order valence-electron chi connectivity index (χ1n) is 6.12. The lowest BCUT2D eigenvalue weighted by Crippen LogP contribution is -2.25. The summed E-state index contributed by atoms with van der Waals surface area (Å²) in [5.74, 6) is 0.849. The Morgan fingerprint density at radius 2 is 1.76 bits per heavy atom. The number of fused-ring (bicyclic) bond motifs is 1. The third-order valence-electron chi connectivity index (χ3n) is 4.36. The molecule has 3 rings (SSSR count). The van der Waals surface area contributed by atoms with Gasteiger partial charge in [0.25, 0.3) is 0 Å². The standard InChI is InChI=1S/C14H15BrF2/c15-8-14(5-9-4-10(9)6-14)7-11-12(16)2-1-3-13(11)17/h1-3,9-10H,4-8H2. The average Bonchev–Trinajstić information content (AvgIpc) is 2.93. The molecule has 92 valence electrons. The summed E-state index contributed by atoms with van der Waals surface area (Å²) in [6.45, 7) is 0. The van der Waals surface area contributed by atoms with Crippen LogP contribution >= 0.6 is 15.9 Å². The minimum Gasteiger partial charge on any atom is -0.207 e. The Balaban J connectivity index is 1.86. The maximum atomic E-state index is 13.7. The van der Waals surface area contributed by atoms with Gasteiger partial charge in [-0.15, -0.1) is 0 Å². The van der Waals surface area contributed by atoms with E-state index < -0.39 is 11.6 Å². The molecule has 0 aliphatic heterocycles. The number of rotatable bonds is 3. The Morgan fingerprint density at radius 3 is 2.29 bits per heavy atom. The molecule has 2 aliphatic carbocycles. The van der Waals surface area contributed by atoms with Crippen LogP contribution in [-0.2, 0) is 6.42 Å². The smallest absolute Gasteiger partial charge is 0.129 e. The van der Waals surface area contributed by atoms with Crippen molar-refractivity contribution in [2.24, 2.45) is 17.3 Å². The van der Waals surface area contributed by atoms with E-state index in [4.69, 9.17) is 0 Å². The second kappa shape index (κ2) is 4.04. The summed E-state index contributed by atoms with van der Waals surface area (Å²) < 4.78 is 27.3. The molecule has 0 spiro atoms. The van der Waals surface area contributed by atoms with Crippen LogP contribution in [0.2, 0.25) is 0 Å². The zero-order chi connectivity index (χ0) is 12.0. The molecular formula is C14H15BrF2. The minimum atomic E-state index is -0.397. The molecule has 0 saturated heterocycles. The van der Waals surface area contributed by atoms with E-state index in [0.29, 0.717) is 6.42 Å². The van der Waals surface area contributed by atoms with Gasteiger partial charge in [0.1, 0.15) is 11.6 Å². The Labute approximate surface area is 109 Å². The molecule has 1 aromatic rings. The molecule has 0 amide bonds. The van der Waals surface area contributed by atoms with Gasteiger partial charge in [-0.1, -0.05) is 22.0 Å². The zero-order valence-corrected chi connectivity index (χ0v) is 11.1. The van der Waals surface area contributed by atoms with Crippen LogP contribution < -0.4 is 0 Å². The van der Waals surface area contributed by atoms with Gasteiger partial charge in [-0.05, 0) is 55.1 Å². The van der Waals surface area contributed by atoms with E-state index in [1.807, 2.05) is 0 Å². The predicted octanol–water partition coefficient (Wildman–Crippen LogP) is 4.32. The first-order valence-corrected chi connectivity index (χ1v) is 7.24. The molecule has 2 atom stereocenters. The maximum absolute atomic E-state index is 13.7. The normalized spacial score (nSPS) is 34.8. The van der Waals surface area contributed by atoms with E-state index in [2.05, 4.69) is 15.9 Å². The van der Waals surface area contributed by atoms with E-state index in [0.717, 1.165) is 30.0 Å². The topological polar surface area (TPSA) is 0 Å². The summed E-state index contributed by atoms with van der Waals surface area (Å²) in [6, 6.07) is 4.15. The van der Waals surface area contributed by atoms with E-state index in [1.54, 1.807) is 0 Å². The molecule has 17 heavy (non-hydrogen) atoms. The highest BCUT2D eigenvalue weighted by Gasteiger charge is 2.53. The second-order valence-electron chi connectivity index (χ2n) is 5.67. The van der Waals surface area contributed by atoms with Crippen LogP contribution in [0.3, 0.4) is 0 Å². The molecule has 0 bridgehead atoms. The fourth-order valence-corrected chi connectivity index (χ4v) is 4.04. The number of halogens is 3. The van der Waals surface area contributed by atoms with E-state index >= 15 is 0 Å². The molecule has 0 nitrogen and oxygen atoms in total. The molecule has 0 N–H and O–H groups in total. The van der Waals surface area contributed by atoms with Crippen LogP contribution in [0.15, 0.2) is 18.2 Å². The quantitative estimate of drug-likeness (QED) is 0.729. The fraction of sp³-hybridized carbons (Fsp3) is 0.571. The third kappa shape index (κ3) is 2.03. The summed E-state index contributed by atoms with van der Waals surface area (Å²) in [6.07, 6.45) is 4.10. The molecule has 2 saturated carbocycles. The molecule has 0 heterocycles. The van der Waals surface area contributed by atoms with Crippen molar-refractivity contribution in [2.75, 3.05) is 5.33 Å². The maximum Gasteiger partial charge on any atom is 0.129 e. The van der Waals surface area contributed by atoms with Crippen molar-refractivity contribution in [1.82, 2.24) is 0 Å². The summed E-state index contributed by atoms with van der Waals surface area (Å²) in [5.41, 5.74) is 0.352. The Bertz CT molecular complexity index is 414. The van der Waals surface area contributed by atoms with Gasteiger partial charge in [0.2, 0.25) is 0 Å². The van der Waals surface area contributed by atoms with Crippen LogP contribution in [0.4, 0.5) is 8.78 Å². The lowest BCUT2D eigenvalue weighted by atomic mass is 9.79.